The summed E-state index contributed by atoms with van der Waals surface area (Å²) in [7, 11) is 0. The maximum Gasteiger partial charge on any atom is 0.411 e. The summed E-state index contributed by atoms with van der Waals surface area (Å²) in [5.74, 6) is 0. The molecule has 0 aliphatic heterocycles. The molecule has 1 aromatic rings. The highest BCUT2D eigenvalue weighted by Gasteiger charge is 2.06. The monoisotopic (exact) mass is 290 g/mol. The van der Waals surface area contributed by atoms with Gasteiger partial charge < -0.3 is 10.1 Å². The number of carbonyl (C=O) groups is 1. The van der Waals surface area contributed by atoms with Crippen LogP contribution in [0.25, 0.3) is 0 Å². The van der Waals surface area contributed by atoms with E-state index < -0.39 is 6.09 Å². The fourth-order valence-corrected chi connectivity index (χ4v) is 1.59. The number of anilines is 1. The SMILES string of the molecule is CCCNCCOC(=O)Nc1cc(Cl)ccc1Cl. The molecule has 0 fully saturated rings. The van der Waals surface area contributed by atoms with Gasteiger partial charge in [-0.2, -0.15) is 0 Å². The zero-order chi connectivity index (χ0) is 13.4. The fraction of sp³-hybridized carbons (Fsp3) is 0.417. The second-order valence-electron chi connectivity index (χ2n) is 3.64. The molecule has 1 aromatic carbocycles. The maximum absolute atomic E-state index is 11.4. The van der Waals surface area contributed by atoms with Gasteiger partial charge in [0.2, 0.25) is 0 Å². The highest BCUT2D eigenvalue weighted by atomic mass is 35.5. The predicted octanol–water partition coefficient (Wildman–Crippen LogP) is 3.54. The van der Waals surface area contributed by atoms with Crippen molar-refractivity contribution < 1.29 is 9.53 Å². The largest absolute Gasteiger partial charge is 0.448 e. The van der Waals surface area contributed by atoms with Crippen molar-refractivity contribution in [1.82, 2.24) is 5.32 Å². The highest BCUT2D eigenvalue weighted by molar-refractivity contribution is 6.35. The second-order valence-corrected chi connectivity index (χ2v) is 4.48. The maximum atomic E-state index is 11.4. The van der Waals surface area contributed by atoms with Gasteiger partial charge in [-0.15, -0.1) is 0 Å². The topological polar surface area (TPSA) is 50.4 Å². The lowest BCUT2D eigenvalue weighted by molar-refractivity contribution is 0.162. The van der Waals surface area contributed by atoms with E-state index in [-0.39, 0.29) is 0 Å². The first kappa shape index (κ1) is 15.1. The van der Waals surface area contributed by atoms with E-state index in [1.165, 1.54) is 0 Å². The molecule has 0 aromatic heterocycles. The Balaban J connectivity index is 2.33. The molecule has 100 valence electrons. The van der Waals surface area contributed by atoms with Crippen molar-refractivity contribution in [1.29, 1.82) is 0 Å². The smallest absolute Gasteiger partial charge is 0.411 e. The molecule has 0 aliphatic carbocycles. The Morgan fingerprint density at radius 1 is 1.33 bits per heavy atom. The number of halogens is 2. The molecule has 0 atom stereocenters. The van der Waals surface area contributed by atoms with Crippen molar-refractivity contribution in [3.63, 3.8) is 0 Å². The number of hydrogen-bond donors (Lipinski definition) is 2. The Morgan fingerprint density at radius 2 is 2.11 bits per heavy atom. The third kappa shape index (κ3) is 5.58. The fourth-order valence-electron chi connectivity index (χ4n) is 1.26. The van der Waals surface area contributed by atoms with Gasteiger partial charge in [-0.3, -0.25) is 5.32 Å². The molecule has 1 rings (SSSR count). The van der Waals surface area contributed by atoms with E-state index in [9.17, 15) is 4.79 Å². The molecule has 0 bridgehead atoms. The zero-order valence-electron chi connectivity index (χ0n) is 10.1. The lowest BCUT2D eigenvalue weighted by Crippen LogP contribution is -2.23. The van der Waals surface area contributed by atoms with E-state index >= 15 is 0 Å². The molecular weight excluding hydrogens is 275 g/mol. The van der Waals surface area contributed by atoms with Crippen molar-refractivity contribution in [2.24, 2.45) is 0 Å². The molecule has 0 radical (unpaired) electrons. The number of hydrogen-bond acceptors (Lipinski definition) is 3. The van der Waals surface area contributed by atoms with Gasteiger partial charge in [0.1, 0.15) is 6.61 Å². The van der Waals surface area contributed by atoms with Crippen LogP contribution in [0, 0.1) is 0 Å². The average Bonchev–Trinajstić information content (AvgIpc) is 2.33. The van der Waals surface area contributed by atoms with Gasteiger partial charge in [0.15, 0.2) is 0 Å². The predicted molar refractivity (Wildman–Crippen MR) is 74.6 cm³/mol. The lowest BCUT2D eigenvalue weighted by Gasteiger charge is -2.09. The van der Waals surface area contributed by atoms with E-state index in [0.29, 0.717) is 28.9 Å². The first-order valence-electron chi connectivity index (χ1n) is 5.73. The molecule has 0 unspecified atom stereocenters. The Hall–Kier alpha value is -0.970. The van der Waals surface area contributed by atoms with Crippen LogP contribution in [0.5, 0.6) is 0 Å². The molecule has 18 heavy (non-hydrogen) atoms. The van der Waals surface area contributed by atoms with Crippen molar-refractivity contribution >= 4 is 35.0 Å². The van der Waals surface area contributed by atoms with Crippen LogP contribution in [0.2, 0.25) is 10.0 Å². The zero-order valence-corrected chi connectivity index (χ0v) is 11.6. The normalized spacial score (nSPS) is 10.2. The van der Waals surface area contributed by atoms with E-state index in [0.717, 1.165) is 13.0 Å². The Kier molecular flexibility index (Phi) is 6.86. The molecule has 0 spiro atoms. The quantitative estimate of drug-likeness (QED) is 0.788. The van der Waals surface area contributed by atoms with Crippen LogP contribution in [0.3, 0.4) is 0 Å². The number of amides is 1. The minimum atomic E-state index is -0.544. The van der Waals surface area contributed by atoms with Gasteiger partial charge in [-0.1, -0.05) is 30.1 Å². The van der Waals surface area contributed by atoms with Crippen LogP contribution in [0.4, 0.5) is 10.5 Å². The standard InChI is InChI=1S/C12H16Cl2N2O2/c1-2-5-15-6-7-18-12(17)16-11-8-9(13)3-4-10(11)14/h3-4,8,15H,2,5-7H2,1H3,(H,16,17). The molecule has 4 nitrogen and oxygen atoms in total. The minimum absolute atomic E-state index is 0.310. The summed E-state index contributed by atoms with van der Waals surface area (Å²) in [4.78, 5) is 11.4. The van der Waals surface area contributed by atoms with Gasteiger partial charge in [-0.25, -0.2) is 4.79 Å². The van der Waals surface area contributed by atoms with Crippen molar-refractivity contribution in [2.45, 2.75) is 13.3 Å². The Morgan fingerprint density at radius 3 is 2.83 bits per heavy atom. The molecule has 2 N–H and O–H groups in total. The third-order valence-electron chi connectivity index (χ3n) is 2.10. The van der Waals surface area contributed by atoms with E-state index in [1.807, 2.05) is 0 Å². The van der Waals surface area contributed by atoms with Crippen LogP contribution in [0.15, 0.2) is 18.2 Å². The highest BCUT2D eigenvalue weighted by Crippen LogP contribution is 2.25. The van der Waals surface area contributed by atoms with E-state index in [4.69, 9.17) is 27.9 Å². The lowest BCUT2D eigenvalue weighted by atomic mass is 10.3. The Bertz CT molecular complexity index is 400. The number of nitrogens with one attached hydrogen (secondary N) is 2. The third-order valence-corrected chi connectivity index (χ3v) is 2.67. The number of benzene rings is 1. The van der Waals surface area contributed by atoms with Crippen LogP contribution in [-0.2, 0) is 4.74 Å². The number of rotatable bonds is 6. The average molecular weight is 291 g/mol. The molecule has 0 saturated carbocycles. The molecule has 0 saturated heterocycles. The van der Waals surface area contributed by atoms with Gasteiger partial charge in [-0.05, 0) is 31.2 Å². The molecular formula is C12H16Cl2N2O2. The molecule has 0 aliphatic rings. The summed E-state index contributed by atoms with van der Waals surface area (Å²) in [5, 5.41) is 6.58. The minimum Gasteiger partial charge on any atom is -0.448 e. The van der Waals surface area contributed by atoms with Gasteiger partial charge in [0, 0.05) is 11.6 Å². The summed E-state index contributed by atoms with van der Waals surface area (Å²) < 4.78 is 4.97. The van der Waals surface area contributed by atoms with E-state index in [1.54, 1.807) is 18.2 Å². The number of ether oxygens (including phenoxy) is 1. The molecule has 6 heteroatoms. The number of carbonyl (C=O) groups excluding carboxylic acids is 1. The van der Waals surface area contributed by atoms with Crippen LogP contribution in [-0.4, -0.2) is 25.8 Å². The second kappa shape index (κ2) is 8.19. The molecule has 0 heterocycles. The van der Waals surface area contributed by atoms with Gasteiger partial charge >= 0.3 is 6.09 Å². The summed E-state index contributed by atoms with van der Waals surface area (Å²) in [6.07, 6.45) is 0.502. The Labute approximate surface area is 117 Å². The first-order valence-corrected chi connectivity index (χ1v) is 6.48. The van der Waals surface area contributed by atoms with Gasteiger partial charge in [0.25, 0.3) is 0 Å². The summed E-state index contributed by atoms with van der Waals surface area (Å²) in [6, 6.07) is 4.83. The van der Waals surface area contributed by atoms with Crippen molar-refractivity contribution in [3.05, 3.63) is 28.2 Å². The summed E-state index contributed by atoms with van der Waals surface area (Å²) in [5.41, 5.74) is 0.440. The van der Waals surface area contributed by atoms with Crippen molar-refractivity contribution in [2.75, 3.05) is 25.0 Å². The first-order chi connectivity index (χ1) is 8.63. The van der Waals surface area contributed by atoms with Gasteiger partial charge in [0.05, 0.1) is 10.7 Å². The summed E-state index contributed by atoms with van der Waals surface area (Å²) >= 11 is 11.7. The van der Waals surface area contributed by atoms with E-state index in [2.05, 4.69) is 17.6 Å². The summed E-state index contributed by atoms with van der Waals surface area (Å²) in [6.45, 7) is 3.92. The van der Waals surface area contributed by atoms with Crippen LogP contribution >= 0.6 is 23.2 Å². The van der Waals surface area contributed by atoms with Crippen molar-refractivity contribution in [3.8, 4) is 0 Å². The molecule has 1 amide bonds. The van der Waals surface area contributed by atoms with Crippen LogP contribution < -0.4 is 10.6 Å². The van der Waals surface area contributed by atoms with Crippen LogP contribution in [0.1, 0.15) is 13.3 Å².